The first-order chi connectivity index (χ1) is 14.0. The van der Waals surface area contributed by atoms with Gasteiger partial charge in [-0.1, -0.05) is 0 Å². The minimum Gasteiger partial charge on any atom is -0.462 e. The van der Waals surface area contributed by atoms with E-state index in [1.807, 2.05) is 37.3 Å². The Bertz CT molecular complexity index is 1060. The summed E-state index contributed by atoms with van der Waals surface area (Å²) in [5.74, 6) is 2.31. The molecular weight excluding hydrogens is 364 g/mol. The largest absolute Gasteiger partial charge is 0.462 e. The molecule has 4 rings (SSSR count). The molecule has 1 fully saturated rings. The van der Waals surface area contributed by atoms with Gasteiger partial charge in [0.25, 0.3) is 0 Å². The molecule has 1 aromatic carbocycles. The van der Waals surface area contributed by atoms with Gasteiger partial charge in [0.15, 0.2) is 0 Å². The van der Waals surface area contributed by atoms with Crippen molar-refractivity contribution in [2.45, 2.75) is 13.8 Å². The molecule has 6 nitrogen and oxygen atoms in total. The fraction of sp³-hybridized carbons (Fsp3) is 0.304. The third-order valence-corrected chi connectivity index (χ3v) is 5.26. The van der Waals surface area contributed by atoms with Gasteiger partial charge < -0.3 is 19.5 Å². The van der Waals surface area contributed by atoms with E-state index in [4.69, 9.17) is 9.40 Å². The van der Waals surface area contributed by atoms with Gasteiger partial charge in [-0.15, -0.1) is 0 Å². The van der Waals surface area contributed by atoms with Gasteiger partial charge in [0.1, 0.15) is 17.3 Å². The number of fused-ring (bicyclic) bond motifs is 1. The lowest BCUT2D eigenvalue weighted by molar-refractivity contribution is -0.111. The summed E-state index contributed by atoms with van der Waals surface area (Å²) >= 11 is 0. The zero-order valence-electron chi connectivity index (χ0n) is 17.1. The number of rotatable bonds is 4. The van der Waals surface area contributed by atoms with Crippen molar-refractivity contribution in [2.75, 3.05) is 43.4 Å². The van der Waals surface area contributed by atoms with E-state index < -0.39 is 0 Å². The molecule has 150 valence electrons. The van der Waals surface area contributed by atoms with Crippen molar-refractivity contribution in [1.82, 2.24) is 9.88 Å². The number of pyridine rings is 1. The highest BCUT2D eigenvalue weighted by Crippen LogP contribution is 2.26. The average molecular weight is 390 g/mol. The summed E-state index contributed by atoms with van der Waals surface area (Å²) in [6.45, 7) is 8.05. The predicted molar refractivity (Wildman–Crippen MR) is 117 cm³/mol. The Morgan fingerprint density at radius 1 is 1.10 bits per heavy atom. The molecular formula is C23H26N4O2. The Hall–Kier alpha value is -3.12. The molecule has 0 saturated carbocycles. The summed E-state index contributed by atoms with van der Waals surface area (Å²) in [6, 6.07) is 11.7. The Morgan fingerprint density at radius 2 is 1.90 bits per heavy atom. The number of aromatic nitrogens is 1. The third kappa shape index (κ3) is 4.49. The molecule has 0 unspecified atom stereocenters. The number of hydrogen-bond donors (Lipinski definition) is 1. The number of carbonyl (C=O) groups excluding carboxylic acids is 1. The molecule has 1 aliphatic rings. The van der Waals surface area contributed by atoms with Crippen molar-refractivity contribution < 1.29 is 9.21 Å². The molecule has 3 aromatic rings. The van der Waals surface area contributed by atoms with Crippen molar-refractivity contribution in [3.8, 4) is 0 Å². The lowest BCUT2D eigenvalue weighted by Gasteiger charge is -2.33. The van der Waals surface area contributed by atoms with Gasteiger partial charge in [-0.2, -0.15) is 0 Å². The predicted octanol–water partition coefficient (Wildman–Crippen LogP) is 3.85. The van der Waals surface area contributed by atoms with Crippen LogP contribution in [0.2, 0.25) is 0 Å². The van der Waals surface area contributed by atoms with Gasteiger partial charge in [-0.25, -0.2) is 4.98 Å². The zero-order chi connectivity index (χ0) is 20.4. The third-order valence-electron chi connectivity index (χ3n) is 5.26. The van der Waals surface area contributed by atoms with Crippen LogP contribution in [0.3, 0.4) is 0 Å². The maximum Gasteiger partial charge on any atom is 0.248 e. The number of hydrogen-bond acceptors (Lipinski definition) is 5. The second-order valence-electron chi connectivity index (χ2n) is 7.59. The molecule has 29 heavy (non-hydrogen) atoms. The first-order valence-electron chi connectivity index (χ1n) is 9.88. The van der Waals surface area contributed by atoms with Gasteiger partial charge in [0.05, 0.1) is 5.52 Å². The first-order valence-corrected chi connectivity index (χ1v) is 9.88. The Labute approximate surface area is 170 Å². The van der Waals surface area contributed by atoms with Crippen molar-refractivity contribution in [3.63, 3.8) is 0 Å². The number of furan rings is 1. The van der Waals surface area contributed by atoms with Crippen LogP contribution in [0.1, 0.15) is 17.1 Å². The summed E-state index contributed by atoms with van der Waals surface area (Å²) < 4.78 is 5.44. The van der Waals surface area contributed by atoms with E-state index in [1.54, 1.807) is 6.08 Å². The van der Waals surface area contributed by atoms with Crippen LogP contribution in [0.25, 0.3) is 17.0 Å². The maximum absolute atomic E-state index is 12.2. The molecule has 1 saturated heterocycles. The van der Waals surface area contributed by atoms with E-state index in [9.17, 15) is 4.79 Å². The lowest BCUT2D eigenvalue weighted by Crippen LogP contribution is -2.44. The van der Waals surface area contributed by atoms with Crippen molar-refractivity contribution in [1.29, 1.82) is 0 Å². The highest BCUT2D eigenvalue weighted by molar-refractivity contribution is 6.03. The Kier molecular flexibility index (Phi) is 5.36. The number of amides is 1. The number of carbonyl (C=O) groups is 1. The molecule has 0 atom stereocenters. The van der Waals surface area contributed by atoms with E-state index >= 15 is 0 Å². The Balaban J connectivity index is 1.50. The molecule has 6 heteroatoms. The molecule has 0 bridgehead atoms. The van der Waals surface area contributed by atoms with Crippen molar-refractivity contribution in [2.24, 2.45) is 0 Å². The van der Waals surface area contributed by atoms with Gasteiger partial charge in [0, 0.05) is 43.3 Å². The summed E-state index contributed by atoms with van der Waals surface area (Å²) in [7, 11) is 2.15. The van der Waals surface area contributed by atoms with Crippen LogP contribution in [0, 0.1) is 13.8 Å². The van der Waals surface area contributed by atoms with Crippen LogP contribution in [0.4, 0.5) is 11.5 Å². The highest BCUT2D eigenvalue weighted by Gasteiger charge is 2.16. The molecule has 1 aliphatic heterocycles. The van der Waals surface area contributed by atoms with Crippen LogP contribution in [-0.2, 0) is 4.79 Å². The first kappa shape index (κ1) is 19.2. The monoisotopic (exact) mass is 390 g/mol. The molecule has 2 aromatic heterocycles. The van der Waals surface area contributed by atoms with E-state index in [2.05, 4.69) is 35.2 Å². The van der Waals surface area contributed by atoms with Crippen LogP contribution in [0.5, 0.6) is 0 Å². The molecule has 1 amide bonds. The van der Waals surface area contributed by atoms with Crippen LogP contribution in [0.15, 0.2) is 46.9 Å². The van der Waals surface area contributed by atoms with E-state index in [0.717, 1.165) is 59.9 Å². The number of aryl methyl sites for hydroxylation is 2. The standard InChI is InChI=1S/C23H26N4O2/c1-16-14-22(27-12-10-26(3)11-13-27)25-21-8-5-18(15-20(16)21)24-23(28)9-7-19-6-4-17(2)29-19/h4-9,14-15H,10-13H2,1-3H3,(H,24,28)/b9-7+. The fourth-order valence-electron chi connectivity index (χ4n) is 3.54. The second-order valence-corrected chi connectivity index (χ2v) is 7.59. The number of piperazine rings is 1. The minimum absolute atomic E-state index is 0.196. The van der Waals surface area contributed by atoms with E-state index in [-0.39, 0.29) is 5.91 Å². The average Bonchev–Trinajstić information content (AvgIpc) is 3.12. The number of likely N-dealkylation sites (N-methyl/N-ethyl adjacent to an activating group) is 1. The SMILES string of the molecule is Cc1ccc(/C=C/C(=O)Nc2ccc3nc(N4CCN(C)CC4)cc(C)c3c2)o1. The van der Waals surface area contributed by atoms with Gasteiger partial charge in [0.2, 0.25) is 5.91 Å². The van der Waals surface area contributed by atoms with Gasteiger partial charge in [-0.3, -0.25) is 4.79 Å². The van der Waals surface area contributed by atoms with Crippen LogP contribution < -0.4 is 10.2 Å². The highest BCUT2D eigenvalue weighted by atomic mass is 16.3. The minimum atomic E-state index is -0.196. The maximum atomic E-state index is 12.2. The lowest BCUT2D eigenvalue weighted by atomic mass is 10.1. The molecule has 3 heterocycles. The normalized spacial score (nSPS) is 15.3. The quantitative estimate of drug-likeness (QED) is 0.686. The molecule has 1 N–H and O–H groups in total. The number of nitrogens with one attached hydrogen (secondary N) is 1. The van der Waals surface area contributed by atoms with E-state index in [1.165, 1.54) is 6.08 Å². The summed E-state index contributed by atoms with van der Waals surface area (Å²) in [5, 5.41) is 3.96. The van der Waals surface area contributed by atoms with Crippen molar-refractivity contribution in [3.05, 3.63) is 59.6 Å². The Morgan fingerprint density at radius 3 is 2.62 bits per heavy atom. The second kappa shape index (κ2) is 8.09. The smallest absolute Gasteiger partial charge is 0.248 e. The number of benzene rings is 1. The fourth-order valence-corrected chi connectivity index (χ4v) is 3.54. The molecule has 0 radical (unpaired) electrons. The molecule has 0 spiro atoms. The summed E-state index contributed by atoms with van der Waals surface area (Å²) in [5.41, 5.74) is 2.85. The van der Waals surface area contributed by atoms with Crippen LogP contribution >= 0.6 is 0 Å². The number of anilines is 2. The van der Waals surface area contributed by atoms with Crippen molar-refractivity contribution >= 4 is 34.4 Å². The summed E-state index contributed by atoms with van der Waals surface area (Å²) in [4.78, 5) is 21.8. The van der Waals surface area contributed by atoms with E-state index in [0.29, 0.717) is 5.76 Å². The van der Waals surface area contributed by atoms with Gasteiger partial charge in [-0.05, 0) is 68.9 Å². The molecule has 0 aliphatic carbocycles. The topological polar surface area (TPSA) is 61.6 Å². The summed E-state index contributed by atoms with van der Waals surface area (Å²) in [6.07, 6.45) is 3.14. The van der Waals surface area contributed by atoms with Gasteiger partial charge >= 0.3 is 0 Å². The zero-order valence-corrected chi connectivity index (χ0v) is 17.1. The van der Waals surface area contributed by atoms with Crippen LogP contribution in [-0.4, -0.2) is 49.0 Å². The number of nitrogens with zero attached hydrogens (tertiary/aromatic N) is 3.